The van der Waals surface area contributed by atoms with Gasteiger partial charge in [0.1, 0.15) is 31.5 Å². The Labute approximate surface area is 333 Å². The van der Waals surface area contributed by atoms with Gasteiger partial charge < -0.3 is 47.4 Å². The molecule has 2 aliphatic rings. The van der Waals surface area contributed by atoms with Gasteiger partial charge in [-0.25, -0.2) is 8.42 Å². The average molecular weight is 866 g/mol. The average Bonchev–Trinajstić information content (AvgIpc) is 3.10. The van der Waals surface area contributed by atoms with Crippen LogP contribution < -0.4 is 4.72 Å². The Morgan fingerprint density at radius 1 is 0.610 bits per heavy atom. The van der Waals surface area contributed by atoms with Crippen molar-refractivity contribution in [1.29, 1.82) is 0 Å². The Balaban J connectivity index is 2.24. The number of nitrogens with one attached hydrogen (secondary N) is 1. The number of esters is 7. The zero-order valence-corrected chi connectivity index (χ0v) is 32.9. The molecule has 3 rings (SSSR count). The predicted octanol–water partition coefficient (Wildman–Crippen LogP) is -0.599. The van der Waals surface area contributed by atoms with Gasteiger partial charge in [0.15, 0.2) is 47.9 Å². The normalized spacial score (nSPS) is 26.6. The zero-order valence-electron chi connectivity index (χ0n) is 32.1. The number of ether oxygens (including phenoxy) is 10. The highest BCUT2D eigenvalue weighted by molar-refractivity contribution is 7.89. The van der Waals surface area contributed by atoms with Gasteiger partial charge in [-0.1, -0.05) is 0 Å². The fourth-order valence-corrected chi connectivity index (χ4v) is 7.09. The fraction of sp³-hybridized carbons (Fsp3) is 0.594. The van der Waals surface area contributed by atoms with Crippen LogP contribution in [0.3, 0.4) is 0 Å². The van der Waals surface area contributed by atoms with Crippen LogP contribution in [0, 0.1) is 20.2 Å². The quantitative estimate of drug-likeness (QED) is 0.0938. The minimum absolute atomic E-state index is 0.363. The van der Waals surface area contributed by atoms with Crippen molar-refractivity contribution < 1.29 is 99.2 Å². The Hall–Kier alpha value is -5.90. The minimum atomic E-state index is -5.21. The molecule has 27 heteroatoms. The first-order chi connectivity index (χ1) is 27.4. The van der Waals surface area contributed by atoms with Gasteiger partial charge >= 0.3 is 41.8 Å². The van der Waals surface area contributed by atoms with Crippen LogP contribution in [0.5, 0.6) is 0 Å². The van der Waals surface area contributed by atoms with Crippen molar-refractivity contribution in [3.05, 3.63) is 38.4 Å². The Morgan fingerprint density at radius 2 is 1.05 bits per heavy atom. The smallest absolute Gasteiger partial charge is 0.303 e. The summed E-state index contributed by atoms with van der Waals surface area (Å²) in [7, 11) is -5.21. The number of nitrogens with zero attached hydrogens (tertiary/aromatic N) is 2. The number of sulfonamides is 1. The molecule has 0 aliphatic carbocycles. The van der Waals surface area contributed by atoms with E-state index in [1.165, 1.54) is 0 Å². The Bertz CT molecular complexity index is 1940. The molecule has 2 heterocycles. The molecule has 0 unspecified atom stereocenters. The number of nitro benzene ring substituents is 2. The molecule has 2 fully saturated rings. The summed E-state index contributed by atoms with van der Waals surface area (Å²) in [5, 5.41) is 23.1. The maximum Gasteiger partial charge on any atom is 0.303 e. The standard InChI is InChI=1S/C32H39N3O23S/c1-13(36)49-11-22-26(58-32-30(55-19(7)42)28(53-17(5)40)25(51-15(3)38)23(57-32)12-50-14(2)37)27(52-16(4)39)29(54-18(6)41)31(56-22)33-59(47,48)24-9-8-20(34(43)44)10-21(24)35(45)46/h8-10,22-23,25-33H,11-12H2,1-7H3/t22-,23-,25-,26-,27+,28+,29-,30-,31-,32-/m1/s1. The third-order valence-electron chi connectivity index (χ3n) is 7.84. The van der Waals surface area contributed by atoms with E-state index < -0.39 is 152 Å². The second-order valence-electron chi connectivity index (χ2n) is 12.5. The van der Waals surface area contributed by atoms with Crippen LogP contribution >= 0.6 is 0 Å². The van der Waals surface area contributed by atoms with Gasteiger partial charge in [-0.05, 0) is 6.07 Å². The lowest BCUT2D eigenvalue weighted by Crippen LogP contribution is -2.68. The first-order valence-corrected chi connectivity index (χ1v) is 18.4. The molecule has 0 radical (unpaired) electrons. The van der Waals surface area contributed by atoms with Crippen molar-refractivity contribution in [2.45, 2.75) is 115 Å². The third kappa shape index (κ3) is 13.1. The van der Waals surface area contributed by atoms with Crippen LogP contribution in [0.2, 0.25) is 0 Å². The molecule has 0 saturated carbocycles. The van der Waals surface area contributed by atoms with Crippen molar-refractivity contribution >= 4 is 63.2 Å². The number of carbonyl (C=O) groups is 7. The number of nitro groups is 2. The van der Waals surface area contributed by atoms with E-state index in [1.54, 1.807) is 0 Å². The lowest BCUT2D eigenvalue weighted by molar-refractivity contribution is -0.396. The minimum Gasteiger partial charge on any atom is -0.463 e. The lowest BCUT2D eigenvalue weighted by Gasteiger charge is -2.48. The van der Waals surface area contributed by atoms with Crippen molar-refractivity contribution in [3.8, 4) is 0 Å². The lowest BCUT2D eigenvalue weighted by atomic mass is 9.95. The number of non-ortho nitro benzene ring substituents is 1. The molecular formula is C32H39N3O23S. The van der Waals surface area contributed by atoms with Crippen molar-refractivity contribution in [1.82, 2.24) is 4.72 Å². The van der Waals surface area contributed by atoms with Gasteiger partial charge in [-0.3, -0.25) is 53.8 Å². The second kappa shape index (κ2) is 20.2. The van der Waals surface area contributed by atoms with E-state index in [1.807, 2.05) is 4.72 Å². The van der Waals surface area contributed by atoms with Crippen molar-refractivity contribution in [2.75, 3.05) is 13.2 Å². The molecule has 26 nitrogen and oxygen atoms in total. The second-order valence-corrected chi connectivity index (χ2v) is 14.2. The molecular weight excluding hydrogens is 826 g/mol. The fourth-order valence-electron chi connectivity index (χ4n) is 5.81. The largest absolute Gasteiger partial charge is 0.463 e. The van der Waals surface area contributed by atoms with E-state index in [9.17, 15) is 62.2 Å². The first kappa shape index (κ1) is 47.5. The summed E-state index contributed by atoms with van der Waals surface area (Å²) in [4.78, 5) is 106. The molecule has 59 heavy (non-hydrogen) atoms. The summed E-state index contributed by atoms with van der Waals surface area (Å²) in [6.07, 6.45) is -19.0. The molecule has 0 amide bonds. The van der Waals surface area contributed by atoms with Gasteiger partial charge in [0.2, 0.25) is 10.0 Å². The van der Waals surface area contributed by atoms with Crippen LogP contribution in [-0.4, -0.2) is 135 Å². The molecule has 1 N–H and O–H groups in total. The molecule has 326 valence electrons. The van der Waals surface area contributed by atoms with Gasteiger partial charge in [0.25, 0.3) is 11.4 Å². The highest BCUT2D eigenvalue weighted by Crippen LogP contribution is 2.36. The monoisotopic (exact) mass is 865 g/mol. The van der Waals surface area contributed by atoms with Crippen LogP contribution in [0.25, 0.3) is 0 Å². The zero-order chi connectivity index (χ0) is 44.5. The molecule has 2 saturated heterocycles. The highest BCUT2D eigenvalue weighted by Gasteiger charge is 2.58. The van der Waals surface area contributed by atoms with Gasteiger partial charge in [0, 0.05) is 54.5 Å². The van der Waals surface area contributed by atoms with E-state index in [0.717, 1.165) is 48.5 Å². The third-order valence-corrected chi connectivity index (χ3v) is 9.31. The molecule has 1 aromatic carbocycles. The van der Waals surface area contributed by atoms with E-state index in [-0.39, 0.29) is 0 Å². The number of benzene rings is 1. The molecule has 0 aromatic heterocycles. The number of hydrogen-bond acceptors (Lipinski definition) is 23. The summed E-state index contributed by atoms with van der Waals surface area (Å²) < 4.78 is 84.6. The molecule has 1 aromatic rings. The summed E-state index contributed by atoms with van der Waals surface area (Å²) in [6, 6.07) is 1.55. The number of rotatable bonds is 16. The molecule has 2 aliphatic heterocycles. The van der Waals surface area contributed by atoms with Crippen LogP contribution in [0.1, 0.15) is 48.5 Å². The highest BCUT2D eigenvalue weighted by atomic mass is 32.2. The van der Waals surface area contributed by atoms with E-state index in [0.29, 0.717) is 18.2 Å². The van der Waals surface area contributed by atoms with Gasteiger partial charge in [-0.15, -0.1) is 0 Å². The summed E-state index contributed by atoms with van der Waals surface area (Å²) in [5.74, 6) is -7.13. The topological polar surface area (TPSA) is 344 Å². The summed E-state index contributed by atoms with van der Waals surface area (Å²) >= 11 is 0. The van der Waals surface area contributed by atoms with Gasteiger partial charge in [0.05, 0.1) is 15.9 Å². The van der Waals surface area contributed by atoms with Crippen LogP contribution in [-0.2, 0) is 91.0 Å². The van der Waals surface area contributed by atoms with Crippen LogP contribution in [0.4, 0.5) is 11.4 Å². The maximum absolute atomic E-state index is 13.7. The van der Waals surface area contributed by atoms with Crippen molar-refractivity contribution in [3.63, 3.8) is 0 Å². The molecule has 0 bridgehead atoms. The Morgan fingerprint density at radius 3 is 1.51 bits per heavy atom. The number of carbonyl (C=O) groups excluding carboxylic acids is 7. The van der Waals surface area contributed by atoms with E-state index in [4.69, 9.17) is 47.4 Å². The van der Waals surface area contributed by atoms with Crippen molar-refractivity contribution in [2.24, 2.45) is 0 Å². The van der Waals surface area contributed by atoms with E-state index >= 15 is 0 Å². The maximum atomic E-state index is 13.7. The Kier molecular flexibility index (Phi) is 16.2. The summed E-state index contributed by atoms with van der Waals surface area (Å²) in [6.45, 7) is 4.93. The predicted molar refractivity (Wildman–Crippen MR) is 183 cm³/mol. The van der Waals surface area contributed by atoms with E-state index in [2.05, 4.69) is 0 Å². The van der Waals surface area contributed by atoms with Crippen LogP contribution in [0.15, 0.2) is 23.1 Å². The molecule has 10 atom stereocenters. The summed E-state index contributed by atoms with van der Waals surface area (Å²) in [5.41, 5.74) is -2.11. The van der Waals surface area contributed by atoms with Gasteiger partial charge in [-0.2, -0.15) is 4.72 Å². The number of hydrogen-bond donors (Lipinski definition) is 1. The first-order valence-electron chi connectivity index (χ1n) is 17.0. The molecule has 0 spiro atoms. The SMILES string of the molecule is CC(=O)OC[C@H]1O[C@@H](NS(=O)(=O)c2ccc([N+](=O)[O-])cc2[N+](=O)[O-])[C@H](OC(C)=O)[C@@H](OC(C)=O)[C@@H]1O[C@H]1O[C@H](COC(C)=O)[C@@H](OC(C)=O)[C@H](OC(C)=O)[C@H]1OC(C)=O.